The molecule has 2 aromatic rings. The van der Waals surface area contributed by atoms with Crippen LogP contribution in [0.15, 0.2) is 47.5 Å². The van der Waals surface area contributed by atoms with Crippen molar-refractivity contribution in [1.29, 1.82) is 0 Å². The van der Waals surface area contributed by atoms with Crippen molar-refractivity contribution in [2.45, 2.75) is 20.3 Å². The Kier molecular flexibility index (Phi) is 5.19. The van der Waals surface area contributed by atoms with Crippen LogP contribution in [0.5, 0.6) is 0 Å². The van der Waals surface area contributed by atoms with Crippen LogP contribution in [0.3, 0.4) is 0 Å². The molecule has 5 N–H and O–H groups in total. The Morgan fingerprint density at radius 3 is 3.00 bits per heavy atom. The van der Waals surface area contributed by atoms with E-state index in [1.807, 2.05) is 38.4 Å². The molecular formula is C19H26N6. The predicted octanol–water partition coefficient (Wildman–Crippen LogP) is 2.53. The molecule has 0 bridgehead atoms. The van der Waals surface area contributed by atoms with Gasteiger partial charge in [0.05, 0.1) is 11.1 Å². The summed E-state index contributed by atoms with van der Waals surface area (Å²) in [5, 5.41) is 1.08. The Hall–Kier alpha value is -2.60. The van der Waals surface area contributed by atoms with Crippen molar-refractivity contribution in [2.75, 3.05) is 24.5 Å². The van der Waals surface area contributed by atoms with Gasteiger partial charge in [0.15, 0.2) is 0 Å². The molecule has 6 heteroatoms. The van der Waals surface area contributed by atoms with Crippen molar-refractivity contribution in [3.63, 3.8) is 0 Å². The Labute approximate surface area is 148 Å². The van der Waals surface area contributed by atoms with E-state index in [4.69, 9.17) is 11.5 Å². The van der Waals surface area contributed by atoms with Gasteiger partial charge in [-0.15, -0.1) is 0 Å². The summed E-state index contributed by atoms with van der Waals surface area (Å²) in [6, 6.07) is 2.07. The molecule has 0 amide bonds. The first-order valence-electron chi connectivity index (χ1n) is 8.72. The van der Waals surface area contributed by atoms with Gasteiger partial charge in [0.2, 0.25) is 0 Å². The van der Waals surface area contributed by atoms with Gasteiger partial charge in [-0.25, -0.2) is 9.98 Å². The molecule has 0 spiro atoms. The molecule has 3 heterocycles. The van der Waals surface area contributed by atoms with E-state index >= 15 is 0 Å². The number of nitrogens with two attached hydrogens (primary N) is 2. The van der Waals surface area contributed by atoms with E-state index in [-0.39, 0.29) is 0 Å². The third kappa shape index (κ3) is 3.44. The lowest BCUT2D eigenvalue weighted by molar-refractivity contribution is 0.603. The van der Waals surface area contributed by atoms with Crippen LogP contribution in [-0.2, 0) is 0 Å². The minimum absolute atomic E-state index is 0.497. The molecule has 1 saturated heterocycles. The SMILES string of the molecule is C\C=C/C(=N\C(N)=C\C)c1c[nH]c2nccc(N3CCC(CN)C3)c12. The van der Waals surface area contributed by atoms with E-state index in [1.54, 1.807) is 6.08 Å². The summed E-state index contributed by atoms with van der Waals surface area (Å²) in [4.78, 5) is 14.7. The quantitative estimate of drug-likeness (QED) is 0.730. The summed E-state index contributed by atoms with van der Waals surface area (Å²) in [6.45, 7) is 6.58. The molecule has 1 aliphatic heterocycles. The standard InChI is InChI=1S/C19H26N6/c1-3-5-15(24-17(21)4-2)14-11-23-19-18(14)16(6-8-22-19)25-9-7-13(10-20)12-25/h3-6,8,11,13H,7,9-10,12,20-21H2,1-2H3,(H,22,23)/b5-3-,17-4+,24-15+. The molecular weight excluding hydrogens is 312 g/mol. The van der Waals surface area contributed by atoms with E-state index in [2.05, 4.69) is 25.9 Å². The smallest absolute Gasteiger partial charge is 0.140 e. The maximum Gasteiger partial charge on any atom is 0.140 e. The minimum atomic E-state index is 0.497. The van der Waals surface area contributed by atoms with Crippen molar-refractivity contribution in [2.24, 2.45) is 22.4 Å². The molecule has 6 nitrogen and oxygen atoms in total. The van der Waals surface area contributed by atoms with Gasteiger partial charge >= 0.3 is 0 Å². The first-order chi connectivity index (χ1) is 12.2. The van der Waals surface area contributed by atoms with Crippen molar-refractivity contribution in [1.82, 2.24) is 9.97 Å². The van der Waals surface area contributed by atoms with Gasteiger partial charge in [-0.1, -0.05) is 6.08 Å². The zero-order valence-corrected chi connectivity index (χ0v) is 14.9. The van der Waals surface area contributed by atoms with Crippen LogP contribution >= 0.6 is 0 Å². The monoisotopic (exact) mass is 338 g/mol. The first-order valence-corrected chi connectivity index (χ1v) is 8.72. The highest BCUT2D eigenvalue weighted by Gasteiger charge is 2.24. The number of nitrogens with one attached hydrogen (secondary N) is 1. The maximum absolute atomic E-state index is 5.94. The summed E-state index contributed by atoms with van der Waals surface area (Å²) in [7, 11) is 0. The number of hydrogen-bond acceptors (Lipinski definition) is 5. The summed E-state index contributed by atoms with van der Waals surface area (Å²) < 4.78 is 0. The summed E-state index contributed by atoms with van der Waals surface area (Å²) in [5.74, 6) is 1.05. The number of allylic oxidation sites excluding steroid dienone is 3. The first kappa shape index (κ1) is 17.2. The van der Waals surface area contributed by atoms with Crippen LogP contribution in [-0.4, -0.2) is 35.3 Å². The fourth-order valence-corrected chi connectivity index (χ4v) is 3.30. The van der Waals surface area contributed by atoms with Gasteiger partial charge in [0.25, 0.3) is 0 Å². The molecule has 0 aliphatic carbocycles. The van der Waals surface area contributed by atoms with Crippen LogP contribution in [0.4, 0.5) is 5.69 Å². The molecule has 2 aromatic heterocycles. The van der Waals surface area contributed by atoms with E-state index in [9.17, 15) is 0 Å². The zero-order valence-electron chi connectivity index (χ0n) is 14.9. The predicted molar refractivity (Wildman–Crippen MR) is 105 cm³/mol. The van der Waals surface area contributed by atoms with Gasteiger partial charge in [-0.05, 0) is 50.9 Å². The second-order valence-corrected chi connectivity index (χ2v) is 6.30. The van der Waals surface area contributed by atoms with Crippen LogP contribution in [0.2, 0.25) is 0 Å². The van der Waals surface area contributed by atoms with E-state index in [1.165, 1.54) is 5.69 Å². The highest BCUT2D eigenvalue weighted by atomic mass is 15.2. The number of rotatable bonds is 5. The van der Waals surface area contributed by atoms with Crippen molar-refractivity contribution < 1.29 is 0 Å². The number of pyridine rings is 1. The lowest BCUT2D eigenvalue weighted by Gasteiger charge is -2.20. The van der Waals surface area contributed by atoms with Crippen LogP contribution in [0.25, 0.3) is 11.0 Å². The molecule has 25 heavy (non-hydrogen) atoms. The maximum atomic E-state index is 5.94. The molecule has 1 fully saturated rings. The minimum Gasteiger partial charge on any atom is -0.384 e. The van der Waals surface area contributed by atoms with Crippen LogP contribution < -0.4 is 16.4 Å². The number of aliphatic imine (C=N–C) groups is 1. The van der Waals surface area contributed by atoms with Crippen LogP contribution in [0.1, 0.15) is 25.8 Å². The van der Waals surface area contributed by atoms with Crippen molar-refractivity contribution >= 4 is 22.4 Å². The molecule has 0 radical (unpaired) electrons. The second-order valence-electron chi connectivity index (χ2n) is 6.30. The van der Waals surface area contributed by atoms with Gasteiger partial charge in [0, 0.05) is 36.7 Å². The average molecular weight is 338 g/mol. The number of aromatic nitrogens is 2. The normalized spacial score (nSPS) is 19.5. The van der Waals surface area contributed by atoms with Gasteiger partial charge in [-0.2, -0.15) is 0 Å². The third-order valence-corrected chi connectivity index (χ3v) is 4.66. The third-order valence-electron chi connectivity index (χ3n) is 4.66. The Morgan fingerprint density at radius 2 is 2.32 bits per heavy atom. The number of fused-ring (bicyclic) bond motifs is 1. The zero-order chi connectivity index (χ0) is 17.8. The largest absolute Gasteiger partial charge is 0.384 e. The van der Waals surface area contributed by atoms with Crippen molar-refractivity contribution in [3.8, 4) is 0 Å². The fraction of sp³-hybridized carbons (Fsp3) is 0.368. The van der Waals surface area contributed by atoms with E-state index in [0.717, 1.165) is 48.4 Å². The highest BCUT2D eigenvalue weighted by Crippen LogP contribution is 2.32. The summed E-state index contributed by atoms with van der Waals surface area (Å²) in [5.41, 5.74) is 15.7. The Morgan fingerprint density at radius 1 is 1.48 bits per heavy atom. The molecule has 1 atom stereocenters. The van der Waals surface area contributed by atoms with E-state index in [0.29, 0.717) is 11.7 Å². The molecule has 1 aliphatic rings. The summed E-state index contributed by atoms with van der Waals surface area (Å²) >= 11 is 0. The summed E-state index contributed by atoms with van der Waals surface area (Å²) in [6.07, 6.45) is 10.7. The number of H-pyrrole nitrogens is 1. The molecule has 0 aromatic carbocycles. The fourth-order valence-electron chi connectivity index (χ4n) is 3.30. The Bertz CT molecular complexity index is 830. The van der Waals surface area contributed by atoms with Crippen LogP contribution in [0, 0.1) is 5.92 Å². The Balaban J connectivity index is 2.12. The average Bonchev–Trinajstić information content (AvgIpc) is 3.27. The molecule has 3 rings (SSSR count). The van der Waals surface area contributed by atoms with E-state index < -0.39 is 0 Å². The van der Waals surface area contributed by atoms with Crippen molar-refractivity contribution in [3.05, 3.63) is 48.1 Å². The van der Waals surface area contributed by atoms with Gasteiger partial charge in [0.1, 0.15) is 11.5 Å². The lowest BCUT2D eigenvalue weighted by atomic mass is 10.1. The highest BCUT2D eigenvalue weighted by molar-refractivity contribution is 6.18. The number of nitrogens with zero attached hydrogens (tertiary/aromatic N) is 3. The second kappa shape index (κ2) is 7.53. The molecule has 1 unspecified atom stereocenters. The lowest BCUT2D eigenvalue weighted by Crippen LogP contribution is -2.23. The molecule has 132 valence electrons. The van der Waals surface area contributed by atoms with Gasteiger partial charge in [-0.3, -0.25) is 0 Å². The number of hydrogen-bond donors (Lipinski definition) is 3. The molecule has 0 saturated carbocycles. The topological polar surface area (TPSA) is 96.3 Å². The number of anilines is 1. The number of aromatic amines is 1. The van der Waals surface area contributed by atoms with Gasteiger partial charge < -0.3 is 21.4 Å².